The smallest absolute Gasteiger partial charge is 0.343 e. The lowest BCUT2D eigenvalue weighted by Crippen LogP contribution is -2.27. The molecule has 1 rings (SSSR count). The first-order valence-electron chi connectivity index (χ1n) is 6.84. The Balaban J connectivity index is 2.36. The minimum atomic E-state index is -0.440. The van der Waals surface area contributed by atoms with Crippen molar-refractivity contribution in [2.24, 2.45) is 0 Å². The molecular formula is C15H22N2O4. The van der Waals surface area contributed by atoms with E-state index < -0.39 is 5.97 Å². The molecule has 116 valence electrons. The van der Waals surface area contributed by atoms with Gasteiger partial charge in [-0.3, -0.25) is 4.79 Å². The third-order valence-electron chi connectivity index (χ3n) is 2.63. The Morgan fingerprint density at radius 1 is 1.19 bits per heavy atom. The van der Waals surface area contributed by atoms with Gasteiger partial charge >= 0.3 is 5.97 Å². The molecule has 0 aromatic heterocycles. The van der Waals surface area contributed by atoms with Gasteiger partial charge < -0.3 is 20.1 Å². The highest BCUT2D eigenvalue weighted by molar-refractivity contribution is 5.90. The fourth-order valence-corrected chi connectivity index (χ4v) is 1.53. The van der Waals surface area contributed by atoms with Gasteiger partial charge in [0, 0.05) is 24.7 Å². The van der Waals surface area contributed by atoms with Gasteiger partial charge in [-0.25, -0.2) is 4.79 Å². The third-order valence-corrected chi connectivity index (χ3v) is 2.63. The summed E-state index contributed by atoms with van der Waals surface area (Å²) < 4.78 is 9.69. The summed E-state index contributed by atoms with van der Waals surface area (Å²) in [5, 5.41) is 5.97. The first-order valence-corrected chi connectivity index (χ1v) is 6.84. The van der Waals surface area contributed by atoms with Crippen LogP contribution in [0.3, 0.4) is 0 Å². The second kappa shape index (κ2) is 8.97. The van der Waals surface area contributed by atoms with Gasteiger partial charge in [-0.15, -0.1) is 0 Å². The van der Waals surface area contributed by atoms with Crippen molar-refractivity contribution in [2.75, 3.05) is 25.6 Å². The Kier molecular flexibility index (Phi) is 7.25. The normalized spacial score (nSPS) is 10.3. The summed E-state index contributed by atoms with van der Waals surface area (Å²) in [4.78, 5) is 22.6. The standard InChI is InChI=1S/C15H22N2O4/c1-11(2)16-9-8-14(18)17-12-4-6-13(7-5-12)21-10-15(19)20-3/h4-7,11,16H,8-10H2,1-3H3,(H,17,18). The predicted octanol–water partition coefficient (Wildman–Crippen LogP) is 1.56. The number of hydrogen-bond donors (Lipinski definition) is 2. The van der Waals surface area contributed by atoms with Crippen molar-refractivity contribution in [1.29, 1.82) is 0 Å². The Morgan fingerprint density at radius 3 is 2.43 bits per heavy atom. The molecule has 0 atom stereocenters. The Morgan fingerprint density at radius 2 is 1.86 bits per heavy atom. The second-order valence-electron chi connectivity index (χ2n) is 4.80. The Labute approximate surface area is 124 Å². The van der Waals surface area contributed by atoms with E-state index in [1.807, 2.05) is 13.8 Å². The van der Waals surface area contributed by atoms with Crippen LogP contribution in [0, 0.1) is 0 Å². The maximum atomic E-state index is 11.7. The van der Waals surface area contributed by atoms with Gasteiger partial charge in [0.2, 0.25) is 5.91 Å². The fraction of sp³-hybridized carbons (Fsp3) is 0.467. The molecule has 0 saturated carbocycles. The minimum Gasteiger partial charge on any atom is -0.482 e. The molecule has 21 heavy (non-hydrogen) atoms. The molecule has 0 aliphatic carbocycles. The maximum absolute atomic E-state index is 11.7. The van der Waals surface area contributed by atoms with Crippen molar-refractivity contribution in [3.05, 3.63) is 24.3 Å². The highest BCUT2D eigenvalue weighted by Gasteiger charge is 2.04. The summed E-state index contributed by atoms with van der Waals surface area (Å²) in [5.41, 5.74) is 0.690. The van der Waals surface area contributed by atoms with Crippen LogP contribution in [0.25, 0.3) is 0 Å². The van der Waals surface area contributed by atoms with Gasteiger partial charge in [0.15, 0.2) is 6.61 Å². The lowest BCUT2D eigenvalue weighted by Gasteiger charge is -2.09. The van der Waals surface area contributed by atoms with E-state index in [2.05, 4.69) is 15.4 Å². The van der Waals surface area contributed by atoms with Crippen LogP contribution in [0.4, 0.5) is 5.69 Å². The van der Waals surface area contributed by atoms with E-state index in [4.69, 9.17) is 4.74 Å². The van der Waals surface area contributed by atoms with Crippen molar-refractivity contribution >= 4 is 17.6 Å². The van der Waals surface area contributed by atoms with Crippen LogP contribution in [0.1, 0.15) is 20.3 Å². The monoisotopic (exact) mass is 294 g/mol. The molecule has 0 spiro atoms. The first-order chi connectivity index (χ1) is 10.0. The minimum absolute atomic E-state index is 0.0496. The van der Waals surface area contributed by atoms with Gasteiger partial charge in [0.25, 0.3) is 0 Å². The highest BCUT2D eigenvalue weighted by Crippen LogP contribution is 2.15. The molecule has 1 aromatic rings. The zero-order valence-electron chi connectivity index (χ0n) is 12.6. The van der Waals surface area contributed by atoms with E-state index in [1.54, 1.807) is 24.3 Å². The summed E-state index contributed by atoms with van der Waals surface area (Å²) in [6.07, 6.45) is 0.415. The predicted molar refractivity (Wildman–Crippen MR) is 80.3 cm³/mol. The molecule has 6 heteroatoms. The van der Waals surface area contributed by atoms with Crippen LogP contribution in [0.15, 0.2) is 24.3 Å². The number of amides is 1. The van der Waals surface area contributed by atoms with E-state index in [-0.39, 0.29) is 12.5 Å². The summed E-state index contributed by atoms with van der Waals surface area (Å²) >= 11 is 0. The molecule has 0 aliphatic heterocycles. The molecular weight excluding hydrogens is 272 g/mol. The van der Waals surface area contributed by atoms with E-state index in [1.165, 1.54) is 7.11 Å². The molecule has 0 heterocycles. The topological polar surface area (TPSA) is 76.7 Å². The molecule has 1 amide bonds. The lowest BCUT2D eigenvalue weighted by atomic mass is 10.3. The van der Waals surface area contributed by atoms with E-state index in [0.29, 0.717) is 30.4 Å². The average molecular weight is 294 g/mol. The number of carbonyl (C=O) groups excluding carboxylic acids is 2. The van der Waals surface area contributed by atoms with Crippen LogP contribution in [0.5, 0.6) is 5.75 Å². The maximum Gasteiger partial charge on any atom is 0.343 e. The fourth-order valence-electron chi connectivity index (χ4n) is 1.53. The van der Waals surface area contributed by atoms with Crippen LogP contribution >= 0.6 is 0 Å². The van der Waals surface area contributed by atoms with Crippen LogP contribution in [-0.2, 0) is 14.3 Å². The van der Waals surface area contributed by atoms with E-state index in [9.17, 15) is 9.59 Å². The number of nitrogens with one attached hydrogen (secondary N) is 2. The zero-order valence-corrected chi connectivity index (χ0v) is 12.6. The molecule has 0 unspecified atom stereocenters. The van der Waals surface area contributed by atoms with Gasteiger partial charge in [-0.1, -0.05) is 13.8 Å². The number of ether oxygens (including phenoxy) is 2. The van der Waals surface area contributed by atoms with Crippen molar-refractivity contribution in [1.82, 2.24) is 5.32 Å². The number of hydrogen-bond acceptors (Lipinski definition) is 5. The summed E-state index contributed by atoms with van der Waals surface area (Å²) in [6, 6.07) is 7.18. The van der Waals surface area contributed by atoms with Gasteiger partial charge in [0.05, 0.1) is 7.11 Å². The zero-order chi connectivity index (χ0) is 15.7. The number of methoxy groups -OCH3 is 1. The van der Waals surface area contributed by atoms with Gasteiger partial charge in [-0.2, -0.15) is 0 Å². The lowest BCUT2D eigenvalue weighted by molar-refractivity contribution is -0.142. The van der Waals surface area contributed by atoms with E-state index in [0.717, 1.165) is 0 Å². The second-order valence-corrected chi connectivity index (χ2v) is 4.80. The number of esters is 1. The van der Waals surface area contributed by atoms with Crippen molar-refractivity contribution in [3.63, 3.8) is 0 Å². The van der Waals surface area contributed by atoms with Crippen molar-refractivity contribution in [2.45, 2.75) is 26.3 Å². The summed E-state index contributed by atoms with van der Waals surface area (Å²) in [6.45, 7) is 4.57. The highest BCUT2D eigenvalue weighted by atomic mass is 16.6. The average Bonchev–Trinajstić information content (AvgIpc) is 2.45. The number of rotatable bonds is 8. The molecule has 0 aliphatic rings. The number of anilines is 1. The molecule has 0 fully saturated rings. The molecule has 2 N–H and O–H groups in total. The Hall–Kier alpha value is -2.08. The molecule has 0 radical (unpaired) electrons. The van der Waals surface area contributed by atoms with Gasteiger partial charge in [0.1, 0.15) is 5.75 Å². The summed E-state index contributed by atoms with van der Waals surface area (Å²) in [7, 11) is 1.30. The third kappa shape index (κ3) is 7.31. The van der Waals surface area contributed by atoms with Gasteiger partial charge in [-0.05, 0) is 24.3 Å². The summed E-state index contributed by atoms with van der Waals surface area (Å²) in [5.74, 6) is 0.0521. The SMILES string of the molecule is COC(=O)COc1ccc(NC(=O)CCNC(C)C)cc1. The molecule has 0 bridgehead atoms. The first kappa shape index (κ1) is 17.0. The van der Waals surface area contributed by atoms with Crippen LogP contribution in [-0.4, -0.2) is 38.2 Å². The van der Waals surface area contributed by atoms with E-state index >= 15 is 0 Å². The van der Waals surface area contributed by atoms with Crippen molar-refractivity contribution in [3.8, 4) is 5.75 Å². The van der Waals surface area contributed by atoms with Crippen LogP contribution in [0.2, 0.25) is 0 Å². The number of benzene rings is 1. The molecule has 0 saturated heterocycles. The quantitative estimate of drug-likeness (QED) is 0.712. The largest absolute Gasteiger partial charge is 0.482 e. The van der Waals surface area contributed by atoms with Crippen LogP contribution < -0.4 is 15.4 Å². The Bertz CT molecular complexity index is 457. The molecule has 1 aromatic carbocycles. The molecule has 6 nitrogen and oxygen atoms in total. The van der Waals surface area contributed by atoms with Crippen molar-refractivity contribution < 1.29 is 19.1 Å². The number of carbonyl (C=O) groups is 2.